The molecule has 3 rings (SSSR count). The fourth-order valence-electron chi connectivity index (χ4n) is 3.50. The van der Waals surface area contributed by atoms with Crippen LogP contribution in [-0.4, -0.2) is 18.7 Å². The monoisotopic (exact) mass is 259 g/mol. The highest BCUT2D eigenvalue weighted by Crippen LogP contribution is 2.29. The smallest absolute Gasteiger partial charge is 0.120 e. The molecule has 0 spiro atoms. The van der Waals surface area contributed by atoms with Gasteiger partial charge in [-0.15, -0.1) is 0 Å². The normalized spacial score (nSPS) is 26.2. The average molecular weight is 259 g/mol. The fraction of sp³-hybridized carbons (Fsp3) is 0.647. The SMILES string of the molecule is CCNC1CCC(Oc2ccc3c(c2)CCCC3)C1. The molecule has 1 N–H and O–H groups in total. The zero-order valence-corrected chi connectivity index (χ0v) is 12.0. The quantitative estimate of drug-likeness (QED) is 0.894. The number of benzene rings is 1. The standard InChI is InChI=1S/C17H25NO/c1-2-18-15-8-10-17(12-15)19-16-9-7-13-5-3-4-6-14(13)11-16/h7,9,11,15,17-18H,2-6,8,10,12H2,1H3. The first-order valence-electron chi connectivity index (χ1n) is 7.87. The van der Waals surface area contributed by atoms with Crippen molar-refractivity contribution in [2.45, 2.75) is 64.0 Å². The minimum atomic E-state index is 0.408. The number of ether oxygens (including phenoxy) is 1. The number of fused-ring (bicyclic) bond motifs is 1. The molecule has 0 heterocycles. The van der Waals surface area contributed by atoms with Gasteiger partial charge in [-0.3, -0.25) is 0 Å². The van der Waals surface area contributed by atoms with Crippen LogP contribution in [0.25, 0.3) is 0 Å². The summed E-state index contributed by atoms with van der Waals surface area (Å²) in [5, 5.41) is 3.53. The van der Waals surface area contributed by atoms with E-state index < -0.39 is 0 Å². The van der Waals surface area contributed by atoms with E-state index in [0.717, 1.165) is 18.7 Å². The van der Waals surface area contributed by atoms with E-state index in [-0.39, 0.29) is 0 Å². The second-order valence-corrected chi connectivity index (χ2v) is 5.95. The van der Waals surface area contributed by atoms with Crippen LogP contribution >= 0.6 is 0 Å². The lowest BCUT2D eigenvalue weighted by molar-refractivity contribution is 0.206. The summed E-state index contributed by atoms with van der Waals surface area (Å²) >= 11 is 0. The van der Waals surface area contributed by atoms with Crippen molar-refractivity contribution in [3.8, 4) is 5.75 Å². The second kappa shape index (κ2) is 5.96. The molecule has 0 saturated heterocycles. The number of nitrogens with one attached hydrogen (secondary N) is 1. The zero-order chi connectivity index (χ0) is 13.1. The molecule has 2 aliphatic rings. The minimum absolute atomic E-state index is 0.408. The van der Waals surface area contributed by atoms with Gasteiger partial charge in [0, 0.05) is 6.04 Å². The van der Waals surface area contributed by atoms with Crippen LogP contribution in [0, 0.1) is 0 Å². The van der Waals surface area contributed by atoms with E-state index in [1.165, 1.54) is 49.7 Å². The molecule has 2 atom stereocenters. The predicted molar refractivity (Wildman–Crippen MR) is 78.8 cm³/mol. The van der Waals surface area contributed by atoms with Crippen LogP contribution in [-0.2, 0) is 12.8 Å². The van der Waals surface area contributed by atoms with Crippen LogP contribution in [0.1, 0.15) is 50.2 Å². The predicted octanol–water partition coefficient (Wildman–Crippen LogP) is 3.47. The van der Waals surface area contributed by atoms with E-state index >= 15 is 0 Å². The van der Waals surface area contributed by atoms with Gasteiger partial charge in [0.2, 0.25) is 0 Å². The Kier molecular flexibility index (Phi) is 4.07. The van der Waals surface area contributed by atoms with Crippen molar-refractivity contribution < 1.29 is 4.74 Å². The first-order chi connectivity index (χ1) is 9.35. The topological polar surface area (TPSA) is 21.3 Å². The van der Waals surface area contributed by atoms with Gasteiger partial charge in [0.1, 0.15) is 11.9 Å². The average Bonchev–Trinajstić information content (AvgIpc) is 2.86. The maximum atomic E-state index is 6.18. The number of aryl methyl sites for hydroxylation is 2. The van der Waals surface area contributed by atoms with Crippen LogP contribution in [0.5, 0.6) is 5.75 Å². The van der Waals surface area contributed by atoms with Crippen LogP contribution in [0.15, 0.2) is 18.2 Å². The Hall–Kier alpha value is -1.02. The molecule has 1 saturated carbocycles. The molecule has 0 bridgehead atoms. The lowest BCUT2D eigenvalue weighted by Crippen LogP contribution is -2.27. The van der Waals surface area contributed by atoms with Crippen LogP contribution in [0.3, 0.4) is 0 Å². The molecule has 0 amide bonds. The van der Waals surface area contributed by atoms with Gasteiger partial charge in [0.05, 0.1) is 0 Å². The summed E-state index contributed by atoms with van der Waals surface area (Å²) in [4.78, 5) is 0. The maximum absolute atomic E-state index is 6.18. The van der Waals surface area contributed by atoms with E-state index in [1.54, 1.807) is 0 Å². The molecule has 2 heteroatoms. The molecular formula is C17H25NO. The Balaban J connectivity index is 1.61. The molecule has 0 aliphatic heterocycles. The van der Waals surface area contributed by atoms with E-state index in [1.807, 2.05) is 0 Å². The number of hydrogen-bond acceptors (Lipinski definition) is 2. The lowest BCUT2D eigenvalue weighted by Gasteiger charge is -2.19. The maximum Gasteiger partial charge on any atom is 0.120 e. The van der Waals surface area contributed by atoms with Gasteiger partial charge in [0.25, 0.3) is 0 Å². The minimum Gasteiger partial charge on any atom is -0.490 e. The van der Waals surface area contributed by atoms with Gasteiger partial charge in [0.15, 0.2) is 0 Å². The Bertz CT molecular complexity index is 429. The summed E-state index contributed by atoms with van der Waals surface area (Å²) in [5.74, 6) is 1.09. The summed E-state index contributed by atoms with van der Waals surface area (Å²) in [6.45, 7) is 3.24. The molecule has 2 nitrogen and oxygen atoms in total. The van der Waals surface area contributed by atoms with Crippen LogP contribution < -0.4 is 10.1 Å². The van der Waals surface area contributed by atoms with Crippen molar-refractivity contribution in [1.29, 1.82) is 0 Å². The van der Waals surface area contributed by atoms with Gasteiger partial charge in [-0.25, -0.2) is 0 Å². The highest BCUT2D eigenvalue weighted by Gasteiger charge is 2.25. The van der Waals surface area contributed by atoms with Crippen molar-refractivity contribution in [2.75, 3.05) is 6.54 Å². The molecule has 0 aromatic heterocycles. The largest absolute Gasteiger partial charge is 0.490 e. The van der Waals surface area contributed by atoms with E-state index in [0.29, 0.717) is 12.1 Å². The molecule has 19 heavy (non-hydrogen) atoms. The van der Waals surface area contributed by atoms with E-state index in [4.69, 9.17) is 4.74 Å². The molecule has 0 radical (unpaired) electrons. The fourth-order valence-corrected chi connectivity index (χ4v) is 3.50. The summed E-state index contributed by atoms with van der Waals surface area (Å²) < 4.78 is 6.18. The molecule has 104 valence electrons. The highest BCUT2D eigenvalue weighted by molar-refractivity contribution is 5.37. The molecule has 2 aliphatic carbocycles. The second-order valence-electron chi connectivity index (χ2n) is 5.95. The summed E-state index contributed by atoms with van der Waals surface area (Å²) in [7, 11) is 0. The van der Waals surface area contributed by atoms with Crippen molar-refractivity contribution in [1.82, 2.24) is 5.32 Å². The third kappa shape index (κ3) is 3.11. The lowest BCUT2D eigenvalue weighted by atomic mass is 9.92. The molecule has 2 unspecified atom stereocenters. The number of hydrogen-bond donors (Lipinski definition) is 1. The van der Waals surface area contributed by atoms with Crippen molar-refractivity contribution in [3.05, 3.63) is 29.3 Å². The third-order valence-corrected chi connectivity index (χ3v) is 4.50. The van der Waals surface area contributed by atoms with Gasteiger partial charge < -0.3 is 10.1 Å². The van der Waals surface area contributed by atoms with Gasteiger partial charge in [-0.2, -0.15) is 0 Å². The van der Waals surface area contributed by atoms with Crippen molar-refractivity contribution in [2.24, 2.45) is 0 Å². The molecular weight excluding hydrogens is 234 g/mol. The highest BCUT2D eigenvalue weighted by atomic mass is 16.5. The van der Waals surface area contributed by atoms with Crippen molar-refractivity contribution in [3.63, 3.8) is 0 Å². The van der Waals surface area contributed by atoms with Crippen LogP contribution in [0.4, 0.5) is 0 Å². The summed E-state index contributed by atoms with van der Waals surface area (Å²) in [5.41, 5.74) is 3.06. The summed E-state index contributed by atoms with van der Waals surface area (Å²) in [6, 6.07) is 7.40. The van der Waals surface area contributed by atoms with Gasteiger partial charge in [-0.1, -0.05) is 13.0 Å². The Morgan fingerprint density at radius 2 is 2.00 bits per heavy atom. The third-order valence-electron chi connectivity index (χ3n) is 4.50. The first-order valence-corrected chi connectivity index (χ1v) is 7.87. The molecule has 1 fully saturated rings. The van der Waals surface area contributed by atoms with E-state index in [2.05, 4.69) is 30.4 Å². The molecule has 1 aromatic rings. The van der Waals surface area contributed by atoms with Crippen molar-refractivity contribution >= 4 is 0 Å². The summed E-state index contributed by atoms with van der Waals surface area (Å²) in [6.07, 6.45) is 9.18. The van der Waals surface area contributed by atoms with Gasteiger partial charge in [-0.05, 0) is 74.8 Å². The Labute approximate surface area is 116 Å². The van der Waals surface area contributed by atoms with Gasteiger partial charge >= 0.3 is 0 Å². The van der Waals surface area contributed by atoms with E-state index in [9.17, 15) is 0 Å². The zero-order valence-electron chi connectivity index (χ0n) is 12.0. The number of rotatable bonds is 4. The Morgan fingerprint density at radius 3 is 2.84 bits per heavy atom. The molecule has 1 aromatic carbocycles. The first kappa shape index (κ1) is 13.0. The Morgan fingerprint density at radius 1 is 1.16 bits per heavy atom. The van der Waals surface area contributed by atoms with Crippen LogP contribution in [0.2, 0.25) is 0 Å².